The van der Waals surface area contributed by atoms with Crippen molar-refractivity contribution in [2.24, 2.45) is 0 Å². The van der Waals surface area contributed by atoms with E-state index >= 15 is 0 Å². The number of hydrogen-bond donors (Lipinski definition) is 1. The van der Waals surface area contributed by atoms with Crippen LogP contribution in [0.4, 0.5) is 0 Å². The second-order valence-corrected chi connectivity index (χ2v) is 7.41. The highest BCUT2D eigenvalue weighted by Gasteiger charge is 2.17. The van der Waals surface area contributed by atoms with Crippen molar-refractivity contribution in [3.05, 3.63) is 66.5 Å². The Labute approximate surface area is 176 Å². The highest BCUT2D eigenvalue weighted by Crippen LogP contribution is 2.26. The monoisotopic (exact) mass is 403 g/mol. The molecule has 1 fully saturated rings. The Morgan fingerprint density at radius 2 is 1.73 bits per heavy atom. The topological polar surface area (TPSA) is 73.3 Å². The minimum atomic E-state index is -0.0347. The molecule has 1 saturated carbocycles. The fourth-order valence-corrected chi connectivity index (χ4v) is 3.65. The number of rotatable bonds is 6. The molecule has 0 bridgehead atoms. The maximum Gasteiger partial charge on any atom is 0.251 e. The summed E-state index contributed by atoms with van der Waals surface area (Å²) in [4.78, 5) is 21.2. The molecule has 1 aromatic heterocycles. The van der Waals surface area contributed by atoms with Crippen LogP contribution in [0.3, 0.4) is 0 Å². The van der Waals surface area contributed by atoms with Gasteiger partial charge in [-0.3, -0.25) is 4.79 Å². The van der Waals surface area contributed by atoms with Gasteiger partial charge in [0.2, 0.25) is 5.88 Å². The third-order valence-electron chi connectivity index (χ3n) is 5.28. The van der Waals surface area contributed by atoms with E-state index in [0.717, 1.165) is 24.2 Å². The van der Waals surface area contributed by atoms with Crippen molar-refractivity contribution in [3.8, 4) is 28.6 Å². The molecule has 0 atom stereocenters. The average molecular weight is 403 g/mol. The van der Waals surface area contributed by atoms with Gasteiger partial charge in [-0.15, -0.1) is 0 Å². The van der Waals surface area contributed by atoms with Crippen LogP contribution >= 0.6 is 0 Å². The van der Waals surface area contributed by atoms with Crippen molar-refractivity contribution in [1.82, 2.24) is 15.3 Å². The summed E-state index contributed by atoms with van der Waals surface area (Å²) >= 11 is 0. The summed E-state index contributed by atoms with van der Waals surface area (Å²) < 4.78 is 11.0. The molecule has 4 rings (SSSR count). The Hall–Kier alpha value is -3.41. The molecule has 0 aliphatic heterocycles. The smallest absolute Gasteiger partial charge is 0.251 e. The standard InChI is InChI=1S/C24H25N3O3/c1-29-20-10-12-21(13-11-20)30-23-15-22(25-16-26-23)17-6-5-7-18(14-17)24(28)27-19-8-3-2-4-9-19/h5-7,10-16,19H,2-4,8-9H2,1H3,(H,27,28). The van der Waals surface area contributed by atoms with Crippen LogP contribution in [0.5, 0.6) is 17.4 Å². The Morgan fingerprint density at radius 3 is 2.50 bits per heavy atom. The highest BCUT2D eigenvalue weighted by atomic mass is 16.5. The number of carbonyl (C=O) groups is 1. The number of ether oxygens (including phenoxy) is 2. The molecule has 6 heteroatoms. The van der Waals surface area contributed by atoms with E-state index in [4.69, 9.17) is 9.47 Å². The van der Waals surface area contributed by atoms with Crippen LogP contribution in [0, 0.1) is 0 Å². The zero-order valence-corrected chi connectivity index (χ0v) is 17.0. The molecule has 1 amide bonds. The first-order valence-electron chi connectivity index (χ1n) is 10.3. The van der Waals surface area contributed by atoms with E-state index in [1.165, 1.54) is 25.6 Å². The lowest BCUT2D eigenvalue weighted by atomic mass is 9.95. The van der Waals surface area contributed by atoms with Crippen LogP contribution in [0.25, 0.3) is 11.3 Å². The number of carbonyl (C=O) groups excluding carboxylic acids is 1. The third-order valence-corrected chi connectivity index (χ3v) is 5.28. The SMILES string of the molecule is COc1ccc(Oc2cc(-c3cccc(C(=O)NC4CCCCC4)c3)ncn2)cc1. The maximum atomic E-state index is 12.7. The molecule has 1 aliphatic rings. The van der Waals surface area contributed by atoms with Crippen LogP contribution in [-0.2, 0) is 0 Å². The Balaban J connectivity index is 1.48. The summed E-state index contributed by atoms with van der Waals surface area (Å²) in [5.41, 5.74) is 2.17. The lowest BCUT2D eigenvalue weighted by Gasteiger charge is -2.22. The summed E-state index contributed by atoms with van der Waals surface area (Å²) in [6.07, 6.45) is 7.21. The molecule has 1 heterocycles. The van der Waals surface area contributed by atoms with Gasteiger partial charge in [0.25, 0.3) is 5.91 Å². The van der Waals surface area contributed by atoms with E-state index in [9.17, 15) is 4.79 Å². The van der Waals surface area contributed by atoms with E-state index in [1.807, 2.05) is 48.5 Å². The first-order chi connectivity index (χ1) is 14.7. The summed E-state index contributed by atoms with van der Waals surface area (Å²) in [5, 5.41) is 3.16. The van der Waals surface area contributed by atoms with E-state index in [-0.39, 0.29) is 11.9 Å². The van der Waals surface area contributed by atoms with Crippen molar-refractivity contribution in [3.63, 3.8) is 0 Å². The molecule has 0 radical (unpaired) electrons. The van der Waals surface area contributed by atoms with Crippen molar-refractivity contribution in [2.45, 2.75) is 38.1 Å². The molecular formula is C24H25N3O3. The molecule has 30 heavy (non-hydrogen) atoms. The van der Waals surface area contributed by atoms with Crippen molar-refractivity contribution >= 4 is 5.91 Å². The number of benzene rings is 2. The molecule has 6 nitrogen and oxygen atoms in total. The summed E-state index contributed by atoms with van der Waals surface area (Å²) in [6.45, 7) is 0. The molecule has 2 aromatic carbocycles. The molecule has 3 aromatic rings. The predicted octanol–water partition coefficient (Wildman–Crippen LogP) is 5.01. The van der Waals surface area contributed by atoms with Gasteiger partial charge < -0.3 is 14.8 Å². The maximum absolute atomic E-state index is 12.7. The fraction of sp³-hybridized carbons (Fsp3) is 0.292. The van der Waals surface area contributed by atoms with Crippen LogP contribution in [0.15, 0.2) is 60.9 Å². The van der Waals surface area contributed by atoms with Gasteiger partial charge in [-0.2, -0.15) is 0 Å². The zero-order chi connectivity index (χ0) is 20.8. The van der Waals surface area contributed by atoms with Gasteiger partial charge in [0.15, 0.2) is 0 Å². The number of amides is 1. The minimum absolute atomic E-state index is 0.0347. The molecule has 0 spiro atoms. The number of aromatic nitrogens is 2. The summed E-state index contributed by atoms with van der Waals surface area (Å²) in [6, 6.07) is 16.8. The number of hydrogen-bond acceptors (Lipinski definition) is 5. The summed E-state index contributed by atoms with van der Waals surface area (Å²) in [5.74, 6) is 1.81. The van der Waals surface area contributed by atoms with E-state index in [0.29, 0.717) is 22.9 Å². The molecule has 0 unspecified atom stereocenters. The van der Waals surface area contributed by atoms with Gasteiger partial charge in [-0.25, -0.2) is 9.97 Å². The van der Waals surface area contributed by atoms with Gasteiger partial charge in [-0.05, 0) is 49.2 Å². The second kappa shape index (κ2) is 9.39. The Bertz CT molecular complexity index is 999. The van der Waals surface area contributed by atoms with Crippen LogP contribution in [0.2, 0.25) is 0 Å². The number of nitrogens with one attached hydrogen (secondary N) is 1. The fourth-order valence-electron chi connectivity index (χ4n) is 3.65. The predicted molar refractivity (Wildman–Crippen MR) is 115 cm³/mol. The van der Waals surface area contributed by atoms with Crippen LogP contribution in [-0.4, -0.2) is 29.0 Å². The Kier molecular flexibility index (Phi) is 6.23. The quantitative estimate of drug-likeness (QED) is 0.626. The van der Waals surface area contributed by atoms with Gasteiger partial charge in [-0.1, -0.05) is 31.4 Å². The van der Waals surface area contributed by atoms with E-state index in [1.54, 1.807) is 13.2 Å². The molecule has 1 N–H and O–H groups in total. The largest absolute Gasteiger partial charge is 0.497 e. The molecule has 154 valence electrons. The lowest BCUT2D eigenvalue weighted by molar-refractivity contribution is 0.0927. The van der Waals surface area contributed by atoms with Gasteiger partial charge >= 0.3 is 0 Å². The zero-order valence-electron chi connectivity index (χ0n) is 17.0. The normalized spacial score (nSPS) is 14.2. The van der Waals surface area contributed by atoms with E-state index in [2.05, 4.69) is 15.3 Å². The van der Waals surface area contributed by atoms with Gasteiger partial charge in [0.05, 0.1) is 12.8 Å². The van der Waals surface area contributed by atoms with Crippen molar-refractivity contribution in [1.29, 1.82) is 0 Å². The second-order valence-electron chi connectivity index (χ2n) is 7.41. The van der Waals surface area contributed by atoms with Crippen molar-refractivity contribution < 1.29 is 14.3 Å². The van der Waals surface area contributed by atoms with Crippen molar-refractivity contribution in [2.75, 3.05) is 7.11 Å². The molecule has 0 saturated heterocycles. The summed E-state index contributed by atoms with van der Waals surface area (Å²) in [7, 11) is 1.62. The number of methoxy groups -OCH3 is 1. The highest BCUT2D eigenvalue weighted by molar-refractivity contribution is 5.95. The average Bonchev–Trinajstić information content (AvgIpc) is 2.80. The first kappa shape index (κ1) is 19.9. The van der Waals surface area contributed by atoms with Crippen LogP contribution in [0.1, 0.15) is 42.5 Å². The first-order valence-corrected chi connectivity index (χ1v) is 10.3. The third kappa shape index (κ3) is 4.95. The van der Waals surface area contributed by atoms with Crippen LogP contribution < -0.4 is 14.8 Å². The molecular weight excluding hydrogens is 378 g/mol. The van der Waals surface area contributed by atoms with E-state index < -0.39 is 0 Å². The van der Waals surface area contributed by atoms with Gasteiger partial charge in [0.1, 0.15) is 17.8 Å². The lowest BCUT2D eigenvalue weighted by Crippen LogP contribution is -2.36. The Morgan fingerprint density at radius 1 is 0.967 bits per heavy atom. The van der Waals surface area contributed by atoms with Gasteiger partial charge in [0, 0.05) is 23.2 Å². The number of nitrogens with zero attached hydrogens (tertiary/aromatic N) is 2. The minimum Gasteiger partial charge on any atom is -0.497 e. The molecule has 1 aliphatic carbocycles.